The molecule has 0 aliphatic rings. The summed E-state index contributed by atoms with van der Waals surface area (Å²) in [5.41, 5.74) is -0.178. The molecule has 5 heteroatoms. The summed E-state index contributed by atoms with van der Waals surface area (Å²) in [4.78, 5) is 10.3. The lowest BCUT2D eigenvalue weighted by molar-refractivity contribution is -0.131. The van der Waals surface area contributed by atoms with E-state index in [9.17, 15) is 4.79 Å². The minimum absolute atomic E-state index is 0.178. The molecule has 15 heavy (non-hydrogen) atoms. The van der Waals surface area contributed by atoms with Crippen molar-refractivity contribution in [1.82, 2.24) is 10.2 Å². The molecular weight excluding hydrogens is 196 g/mol. The van der Waals surface area contributed by atoms with Crippen molar-refractivity contribution in [2.45, 2.75) is 32.6 Å². The van der Waals surface area contributed by atoms with Crippen LogP contribution in [0.1, 0.15) is 39.0 Å². The zero-order chi connectivity index (χ0) is 11.5. The molecule has 1 aromatic rings. The van der Waals surface area contributed by atoms with Crippen molar-refractivity contribution >= 4 is 12.0 Å². The van der Waals surface area contributed by atoms with Crippen LogP contribution >= 0.6 is 0 Å². The Bertz CT molecular complexity index is 380. The van der Waals surface area contributed by atoms with E-state index in [0.717, 1.165) is 12.5 Å². The molecule has 1 N–H and O–H groups in total. The van der Waals surface area contributed by atoms with Gasteiger partial charge < -0.3 is 9.52 Å². The zero-order valence-electron chi connectivity index (χ0n) is 9.02. The van der Waals surface area contributed by atoms with E-state index in [1.165, 1.54) is 6.08 Å². The smallest absolute Gasteiger partial charge is 0.328 e. The van der Waals surface area contributed by atoms with Gasteiger partial charge in [-0.25, -0.2) is 4.79 Å². The van der Waals surface area contributed by atoms with Gasteiger partial charge in [0, 0.05) is 17.6 Å². The van der Waals surface area contributed by atoms with Crippen LogP contribution in [0, 0.1) is 0 Å². The van der Waals surface area contributed by atoms with Crippen LogP contribution in [-0.4, -0.2) is 21.3 Å². The first-order valence-electron chi connectivity index (χ1n) is 4.70. The normalized spacial score (nSPS) is 12.2. The number of hydrogen-bond donors (Lipinski definition) is 1. The Hall–Kier alpha value is -1.65. The van der Waals surface area contributed by atoms with Crippen LogP contribution in [0.5, 0.6) is 0 Å². The summed E-state index contributed by atoms with van der Waals surface area (Å²) in [7, 11) is 0. The number of carbonyl (C=O) groups is 1. The van der Waals surface area contributed by atoms with Gasteiger partial charge >= 0.3 is 5.97 Å². The Labute approximate surface area is 87.8 Å². The highest BCUT2D eigenvalue weighted by atomic mass is 16.4. The SMILES string of the molecule is CCC(C)(C)c1nnc(/C=C/C(=O)O)o1. The van der Waals surface area contributed by atoms with Gasteiger partial charge in [-0.05, 0) is 6.42 Å². The summed E-state index contributed by atoms with van der Waals surface area (Å²) in [5.74, 6) is -0.298. The predicted octanol–water partition coefficient (Wildman–Crippen LogP) is 1.85. The first-order valence-corrected chi connectivity index (χ1v) is 4.70. The summed E-state index contributed by atoms with van der Waals surface area (Å²) >= 11 is 0. The number of aliphatic carboxylic acids is 1. The molecule has 0 fully saturated rings. The summed E-state index contributed by atoms with van der Waals surface area (Å²) in [6.45, 7) is 6.01. The number of aromatic nitrogens is 2. The van der Waals surface area contributed by atoms with E-state index in [1.807, 2.05) is 20.8 Å². The van der Waals surface area contributed by atoms with E-state index < -0.39 is 5.97 Å². The fraction of sp³-hybridized carbons (Fsp3) is 0.500. The molecule has 0 bridgehead atoms. The van der Waals surface area contributed by atoms with Crippen molar-refractivity contribution in [3.63, 3.8) is 0 Å². The maximum absolute atomic E-state index is 10.3. The maximum atomic E-state index is 10.3. The topological polar surface area (TPSA) is 76.2 Å². The van der Waals surface area contributed by atoms with Crippen molar-refractivity contribution in [2.24, 2.45) is 0 Å². The molecule has 0 aromatic carbocycles. The summed E-state index contributed by atoms with van der Waals surface area (Å²) in [6.07, 6.45) is 3.12. The third-order valence-corrected chi connectivity index (χ3v) is 2.27. The van der Waals surface area contributed by atoms with Crippen LogP contribution in [0.4, 0.5) is 0 Å². The predicted molar refractivity (Wildman–Crippen MR) is 54.3 cm³/mol. The first kappa shape index (κ1) is 11.4. The van der Waals surface area contributed by atoms with E-state index in [1.54, 1.807) is 0 Å². The van der Waals surface area contributed by atoms with Crippen molar-refractivity contribution in [3.8, 4) is 0 Å². The number of rotatable bonds is 4. The van der Waals surface area contributed by atoms with Crippen molar-refractivity contribution in [1.29, 1.82) is 0 Å². The van der Waals surface area contributed by atoms with E-state index in [0.29, 0.717) is 5.89 Å². The van der Waals surface area contributed by atoms with Gasteiger partial charge in [0.1, 0.15) is 0 Å². The molecule has 1 aromatic heterocycles. The molecule has 0 unspecified atom stereocenters. The largest absolute Gasteiger partial charge is 0.478 e. The highest BCUT2D eigenvalue weighted by Crippen LogP contribution is 2.25. The molecular formula is C10H14N2O3. The van der Waals surface area contributed by atoms with E-state index >= 15 is 0 Å². The molecule has 1 heterocycles. The summed E-state index contributed by atoms with van der Waals surface area (Å²) in [6, 6.07) is 0. The fourth-order valence-electron chi connectivity index (χ4n) is 0.869. The Morgan fingerprint density at radius 1 is 1.53 bits per heavy atom. The Kier molecular flexibility index (Phi) is 3.24. The minimum Gasteiger partial charge on any atom is -0.478 e. The molecule has 0 aliphatic carbocycles. The van der Waals surface area contributed by atoms with E-state index in [-0.39, 0.29) is 11.3 Å². The second kappa shape index (κ2) is 4.25. The van der Waals surface area contributed by atoms with E-state index in [4.69, 9.17) is 9.52 Å². The average Bonchev–Trinajstić information content (AvgIpc) is 2.63. The number of nitrogens with zero attached hydrogens (tertiary/aromatic N) is 2. The van der Waals surface area contributed by atoms with Gasteiger partial charge in [-0.15, -0.1) is 10.2 Å². The second-order valence-electron chi connectivity index (χ2n) is 3.85. The maximum Gasteiger partial charge on any atom is 0.328 e. The van der Waals surface area contributed by atoms with Crippen LogP contribution in [0.15, 0.2) is 10.5 Å². The Balaban J connectivity index is 2.85. The van der Waals surface area contributed by atoms with E-state index in [2.05, 4.69) is 10.2 Å². The van der Waals surface area contributed by atoms with Crippen LogP contribution in [0.25, 0.3) is 6.08 Å². The van der Waals surface area contributed by atoms with Crippen LogP contribution in [0.3, 0.4) is 0 Å². The van der Waals surface area contributed by atoms with Gasteiger partial charge in [0.2, 0.25) is 11.8 Å². The zero-order valence-corrected chi connectivity index (χ0v) is 9.02. The third-order valence-electron chi connectivity index (χ3n) is 2.27. The number of carboxylic acids is 1. The highest BCUT2D eigenvalue weighted by molar-refractivity contribution is 5.84. The van der Waals surface area contributed by atoms with Crippen molar-refractivity contribution in [2.75, 3.05) is 0 Å². The third kappa shape index (κ3) is 2.90. The lowest BCUT2D eigenvalue weighted by atomic mass is 9.90. The summed E-state index contributed by atoms with van der Waals surface area (Å²) < 4.78 is 5.32. The lowest BCUT2D eigenvalue weighted by Crippen LogP contribution is -2.15. The first-order chi connectivity index (χ1) is 6.95. The Morgan fingerprint density at radius 2 is 2.20 bits per heavy atom. The minimum atomic E-state index is -1.04. The highest BCUT2D eigenvalue weighted by Gasteiger charge is 2.24. The molecule has 1 rings (SSSR count). The van der Waals surface area contributed by atoms with Crippen LogP contribution in [0.2, 0.25) is 0 Å². The molecule has 0 saturated carbocycles. The molecule has 0 atom stereocenters. The molecule has 5 nitrogen and oxygen atoms in total. The summed E-state index contributed by atoms with van der Waals surface area (Å²) in [5, 5.41) is 16.0. The van der Waals surface area contributed by atoms with Crippen LogP contribution in [-0.2, 0) is 10.2 Å². The van der Waals surface area contributed by atoms with Gasteiger partial charge in [-0.2, -0.15) is 0 Å². The molecule has 0 spiro atoms. The van der Waals surface area contributed by atoms with Gasteiger partial charge in [0.25, 0.3) is 0 Å². The Morgan fingerprint density at radius 3 is 2.73 bits per heavy atom. The fourth-order valence-corrected chi connectivity index (χ4v) is 0.869. The lowest BCUT2D eigenvalue weighted by Gasteiger charge is -2.16. The molecule has 0 aliphatic heterocycles. The average molecular weight is 210 g/mol. The van der Waals surface area contributed by atoms with Gasteiger partial charge in [0.15, 0.2) is 0 Å². The molecule has 0 saturated heterocycles. The van der Waals surface area contributed by atoms with Gasteiger partial charge in [0.05, 0.1) is 0 Å². The second-order valence-corrected chi connectivity index (χ2v) is 3.85. The van der Waals surface area contributed by atoms with Crippen molar-refractivity contribution in [3.05, 3.63) is 17.9 Å². The molecule has 82 valence electrons. The molecule has 0 amide bonds. The molecule has 0 radical (unpaired) electrons. The number of carboxylic acid groups (broad SMARTS) is 1. The monoisotopic (exact) mass is 210 g/mol. The standard InChI is InChI=1S/C10H14N2O3/c1-4-10(2,3)9-12-11-7(15-9)5-6-8(13)14/h5-6H,4H2,1-3H3,(H,13,14)/b6-5+. The van der Waals surface area contributed by atoms with Crippen LogP contribution < -0.4 is 0 Å². The quantitative estimate of drug-likeness (QED) is 0.767. The van der Waals surface area contributed by atoms with Crippen molar-refractivity contribution < 1.29 is 14.3 Å². The van der Waals surface area contributed by atoms with Gasteiger partial charge in [-0.3, -0.25) is 0 Å². The number of hydrogen-bond acceptors (Lipinski definition) is 4. The van der Waals surface area contributed by atoms with Gasteiger partial charge in [-0.1, -0.05) is 20.8 Å².